The maximum absolute atomic E-state index is 5.44. The molecule has 4 rings (SSSR count). The van der Waals surface area contributed by atoms with Crippen molar-refractivity contribution in [2.45, 2.75) is 6.92 Å². The third-order valence-corrected chi connectivity index (χ3v) is 4.81. The van der Waals surface area contributed by atoms with Crippen molar-refractivity contribution < 1.29 is 9.47 Å². The molecule has 28 heavy (non-hydrogen) atoms. The van der Waals surface area contributed by atoms with Gasteiger partial charge in [-0.05, 0) is 43.3 Å². The van der Waals surface area contributed by atoms with Crippen molar-refractivity contribution >= 4 is 0 Å². The molecule has 0 fully saturated rings. The van der Waals surface area contributed by atoms with Gasteiger partial charge in [0.2, 0.25) is 0 Å². The molecule has 0 unspecified atom stereocenters. The number of hydrogen-bond donors (Lipinski definition) is 0. The Hall–Kier alpha value is -3.53. The highest BCUT2D eigenvalue weighted by molar-refractivity contribution is 5.76. The van der Waals surface area contributed by atoms with E-state index in [0.717, 1.165) is 45.3 Å². The Bertz CT molecular complexity index is 1100. The minimum atomic E-state index is 0.814. The lowest BCUT2D eigenvalue weighted by atomic mass is 10.0. The lowest BCUT2D eigenvalue weighted by Gasteiger charge is -2.10. The third kappa shape index (κ3) is 3.25. The van der Waals surface area contributed by atoms with Crippen molar-refractivity contribution in [2.75, 3.05) is 14.2 Å². The van der Waals surface area contributed by atoms with Gasteiger partial charge in [0.1, 0.15) is 11.5 Å². The molecule has 0 atom stereocenters. The van der Waals surface area contributed by atoms with Crippen LogP contribution in [0.2, 0.25) is 0 Å². The largest absolute Gasteiger partial charge is 0.497 e. The summed E-state index contributed by atoms with van der Waals surface area (Å²) in [6.07, 6.45) is 0. The molecule has 140 valence electrons. The highest BCUT2D eigenvalue weighted by atomic mass is 16.5. The molecule has 0 aliphatic heterocycles. The molecule has 4 heteroatoms. The molecule has 4 aromatic rings. The van der Waals surface area contributed by atoms with Gasteiger partial charge in [-0.2, -0.15) is 5.10 Å². The zero-order valence-corrected chi connectivity index (χ0v) is 16.2. The Morgan fingerprint density at radius 3 is 1.96 bits per heavy atom. The van der Waals surface area contributed by atoms with Crippen LogP contribution >= 0.6 is 0 Å². The summed E-state index contributed by atoms with van der Waals surface area (Å²) < 4.78 is 12.8. The Morgan fingerprint density at radius 1 is 0.714 bits per heavy atom. The van der Waals surface area contributed by atoms with Crippen LogP contribution in [0.25, 0.3) is 28.2 Å². The van der Waals surface area contributed by atoms with Gasteiger partial charge in [0.05, 0.1) is 31.3 Å². The number of hydrogen-bond acceptors (Lipinski definition) is 3. The van der Waals surface area contributed by atoms with Crippen molar-refractivity contribution in [1.82, 2.24) is 9.78 Å². The fourth-order valence-corrected chi connectivity index (χ4v) is 3.41. The lowest BCUT2D eigenvalue weighted by Crippen LogP contribution is -1.99. The van der Waals surface area contributed by atoms with E-state index in [2.05, 4.69) is 31.2 Å². The third-order valence-electron chi connectivity index (χ3n) is 4.81. The van der Waals surface area contributed by atoms with E-state index < -0.39 is 0 Å². The smallest absolute Gasteiger partial charge is 0.119 e. The topological polar surface area (TPSA) is 36.3 Å². The van der Waals surface area contributed by atoms with Gasteiger partial charge < -0.3 is 9.47 Å². The molecule has 0 N–H and O–H groups in total. The van der Waals surface area contributed by atoms with Gasteiger partial charge in [-0.1, -0.05) is 42.5 Å². The molecule has 0 bridgehead atoms. The fourth-order valence-electron chi connectivity index (χ4n) is 3.41. The lowest BCUT2D eigenvalue weighted by molar-refractivity contribution is 0.415. The molecule has 0 spiro atoms. The van der Waals surface area contributed by atoms with Gasteiger partial charge >= 0.3 is 0 Å². The molecule has 0 aliphatic carbocycles. The maximum atomic E-state index is 5.44. The van der Waals surface area contributed by atoms with Crippen molar-refractivity contribution in [3.8, 4) is 39.7 Å². The summed E-state index contributed by atoms with van der Waals surface area (Å²) in [5.41, 5.74) is 6.17. The summed E-state index contributed by atoms with van der Waals surface area (Å²) in [6.45, 7) is 2.11. The summed E-state index contributed by atoms with van der Waals surface area (Å²) >= 11 is 0. The van der Waals surface area contributed by atoms with E-state index in [1.807, 2.05) is 59.3 Å². The van der Waals surface area contributed by atoms with Crippen LogP contribution in [0, 0.1) is 6.92 Å². The van der Waals surface area contributed by atoms with E-state index >= 15 is 0 Å². The Labute approximate surface area is 165 Å². The molecule has 0 aliphatic rings. The first-order valence-electron chi connectivity index (χ1n) is 9.15. The first-order chi connectivity index (χ1) is 13.7. The van der Waals surface area contributed by atoms with Crippen molar-refractivity contribution in [2.24, 2.45) is 0 Å². The molecular formula is C24H22N2O2. The molecular weight excluding hydrogens is 348 g/mol. The molecule has 0 radical (unpaired) electrons. The number of rotatable bonds is 5. The summed E-state index contributed by atoms with van der Waals surface area (Å²) in [5, 5.41) is 4.98. The average Bonchev–Trinajstić information content (AvgIpc) is 3.11. The molecule has 0 amide bonds. The van der Waals surface area contributed by atoms with E-state index in [-0.39, 0.29) is 0 Å². The SMILES string of the molecule is COc1cccc(-c2nn(-c3ccccc3)c(-c3cccc(OC)c3)c2C)c1. The van der Waals surface area contributed by atoms with Crippen LogP contribution in [-0.4, -0.2) is 24.0 Å². The molecule has 1 heterocycles. The highest BCUT2D eigenvalue weighted by Crippen LogP contribution is 2.35. The quantitative estimate of drug-likeness (QED) is 0.463. The predicted octanol–water partition coefficient (Wildman–Crippen LogP) is 5.53. The summed E-state index contributed by atoms with van der Waals surface area (Å²) in [5.74, 6) is 1.63. The fraction of sp³-hybridized carbons (Fsp3) is 0.125. The van der Waals surface area contributed by atoms with Gasteiger partial charge in [-0.3, -0.25) is 0 Å². The van der Waals surface area contributed by atoms with E-state index in [0.29, 0.717) is 0 Å². The van der Waals surface area contributed by atoms with Crippen LogP contribution in [0.4, 0.5) is 0 Å². The second-order valence-electron chi connectivity index (χ2n) is 6.53. The number of ether oxygens (including phenoxy) is 2. The Balaban J connectivity index is 1.96. The number of para-hydroxylation sites is 1. The van der Waals surface area contributed by atoms with E-state index in [4.69, 9.17) is 14.6 Å². The van der Waals surface area contributed by atoms with Gasteiger partial charge in [0.25, 0.3) is 0 Å². The van der Waals surface area contributed by atoms with Gasteiger partial charge in [-0.25, -0.2) is 4.68 Å². The first-order valence-corrected chi connectivity index (χ1v) is 9.15. The highest BCUT2D eigenvalue weighted by Gasteiger charge is 2.19. The van der Waals surface area contributed by atoms with Crippen LogP contribution in [0.5, 0.6) is 11.5 Å². The zero-order chi connectivity index (χ0) is 19.5. The molecule has 0 saturated carbocycles. The van der Waals surface area contributed by atoms with Gasteiger partial charge in [0.15, 0.2) is 0 Å². The standard InChI is InChI=1S/C24H22N2O2/c1-17-23(18-9-7-13-21(15-18)27-2)25-26(20-11-5-4-6-12-20)24(17)19-10-8-14-22(16-19)28-3/h4-16H,1-3H3. The van der Waals surface area contributed by atoms with Crippen LogP contribution in [-0.2, 0) is 0 Å². The second kappa shape index (κ2) is 7.61. The molecule has 4 nitrogen and oxygen atoms in total. The number of nitrogens with zero attached hydrogens (tertiary/aromatic N) is 2. The van der Waals surface area contributed by atoms with Crippen molar-refractivity contribution in [3.63, 3.8) is 0 Å². The van der Waals surface area contributed by atoms with Crippen LogP contribution < -0.4 is 9.47 Å². The first kappa shape index (κ1) is 17.9. The average molecular weight is 370 g/mol. The normalized spacial score (nSPS) is 10.7. The van der Waals surface area contributed by atoms with Crippen LogP contribution in [0.15, 0.2) is 78.9 Å². The summed E-state index contributed by atoms with van der Waals surface area (Å²) in [6, 6.07) is 26.2. The van der Waals surface area contributed by atoms with E-state index in [9.17, 15) is 0 Å². The van der Waals surface area contributed by atoms with E-state index in [1.165, 1.54) is 0 Å². The van der Waals surface area contributed by atoms with Crippen molar-refractivity contribution in [1.29, 1.82) is 0 Å². The summed E-state index contributed by atoms with van der Waals surface area (Å²) in [7, 11) is 3.36. The van der Waals surface area contributed by atoms with Crippen LogP contribution in [0.1, 0.15) is 5.56 Å². The number of benzene rings is 3. The predicted molar refractivity (Wildman–Crippen MR) is 112 cm³/mol. The van der Waals surface area contributed by atoms with E-state index in [1.54, 1.807) is 14.2 Å². The van der Waals surface area contributed by atoms with Gasteiger partial charge in [-0.15, -0.1) is 0 Å². The number of methoxy groups -OCH3 is 2. The Morgan fingerprint density at radius 2 is 1.32 bits per heavy atom. The monoisotopic (exact) mass is 370 g/mol. The second-order valence-corrected chi connectivity index (χ2v) is 6.53. The molecule has 3 aromatic carbocycles. The maximum Gasteiger partial charge on any atom is 0.119 e. The zero-order valence-electron chi connectivity index (χ0n) is 16.2. The minimum Gasteiger partial charge on any atom is -0.497 e. The Kier molecular flexibility index (Phi) is 4.85. The number of aromatic nitrogens is 2. The molecule has 1 aromatic heterocycles. The van der Waals surface area contributed by atoms with Gasteiger partial charge in [0, 0.05) is 16.7 Å². The molecule has 0 saturated heterocycles. The van der Waals surface area contributed by atoms with Crippen LogP contribution in [0.3, 0.4) is 0 Å². The van der Waals surface area contributed by atoms with Crippen molar-refractivity contribution in [3.05, 3.63) is 84.4 Å². The minimum absolute atomic E-state index is 0.814. The summed E-state index contributed by atoms with van der Waals surface area (Å²) in [4.78, 5) is 0.